The maximum atomic E-state index is 10.5. The molecule has 1 fully saturated rings. The number of hydrogen-bond acceptors (Lipinski definition) is 3. The molecule has 15 heavy (non-hydrogen) atoms. The number of carboxylic acid groups (broad SMARTS) is 1. The van der Waals surface area contributed by atoms with Crippen LogP contribution in [0.5, 0.6) is 0 Å². The van der Waals surface area contributed by atoms with Crippen LogP contribution in [-0.2, 0) is 4.74 Å². The van der Waals surface area contributed by atoms with Crippen LogP contribution >= 0.6 is 0 Å². The van der Waals surface area contributed by atoms with E-state index in [1.807, 2.05) is 0 Å². The third-order valence-electron chi connectivity index (χ3n) is 2.96. The van der Waals surface area contributed by atoms with Crippen LogP contribution in [0, 0.1) is 5.41 Å². The van der Waals surface area contributed by atoms with Gasteiger partial charge in [-0.05, 0) is 5.41 Å². The average Bonchev–Trinajstić information content (AvgIpc) is 2.14. The molecule has 1 atom stereocenters. The molecule has 1 heterocycles. The van der Waals surface area contributed by atoms with Crippen molar-refractivity contribution in [3.63, 3.8) is 0 Å². The molecular formula is C10H20N2O3. The van der Waals surface area contributed by atoms with Crippen LogP contribution in [0.3, 0.4) is 0 Å². The third kappa shape index (κ3) is 2.82. The monoisotopic (exact) mass is 216 g/mol. The Morgan fingerprint density at radius 1 is 1.60 bits per heavy atom. The summed E-state index contributed by atoms with van der Waals surface area (Å²) in [5.74, 6) is 0. The summed E-state index contributed by atoms with van der Waals surface area (Å²) in [6.45, 7) is 8.62. The lowest BCUT2D eigenvalue weighted by atomic mass is 9.75. The van der Waals surface area contributed by atoms with Gasteiger partial charge in [0.1, 0.15) is 5.60 Å². The van der Waals surface area contributed by atoms with E-state index in [1.165, 1.54) is 0 Å². The van der Waals surface area contributed by atoms with E-state index in [-0.39, 0.29) is 5.41 Å². The van der Waals surface area contributed by atoms with E-state index in [9.17, 15) is 4.79 Å². The molecule has 5 heteroatoms. The Morgan fingerprint density at radius 2 is 2.27 bits per heavy atom. The molecule has 0 saturated carbocycles. The molecule has 1 unspecified atom stereocenters. The van der Waals surface area contributed by atoms with Crippen molar-refractivity contribution in [2.24, 2.45) is 5.41 Å². The van der Waals surface area contributed by atoms with Crippen LogP contribution in [-0.4, -0.2) is 43.0 Å². The Balaban J connectivity index is 2.71. The molecule has 0 aromatic carbocycles. The molecule has 0 bridgehead atoms. The SMILES string of the molecule is CC(C)(C)C1(CNC(=O)O)CNCCO1. The summed E-state index contributed by atoms with van der Waals surface area (Å²) < 4.78 is 5.79. The van der Waals surface area contributed by atoms with E-state index < -0.39 is 11.7 Å². The highest BCUT2D eigenvalue weighted by Crippen LogP contribution is 2.34. The van der Waals surface area contributed by atoms with Crippen LogP contribution < -0.4 is 10.6 Å². The fraction of sp³-hybridized carbons (Fsp3) is 0.900. The molecule has 0 spiro atoms. The first-order valence-corrected chi connectivity index (χ1v) is 5.19. The highest BCUT2D eigenvalue weighted by molar-refractivity contribution is 5.64. The molecule has 0 aromatic heterocycles. The van der Waals surface area contributed by atoms with Crippen LogP contribution in [0.25, 0.3) is 0 Å². The number of morpholine rings is 1. The maximum absolute atomic E-state index is 10.5. The summed E-state index contributed by atoms with van der Waals surface area (Å²) >= 11 is 0. The third-order valence-corrected chi connectivity index (χ3v) is 2.96. The molecular weight excluding hydrogens is 196 g/mol. The van der Waals surface area contributed by atoms with E-state index in [2.05, 4.69) is 31.4 Å². The van der Waals surface area contributed by atoms with Crippen LogP contribution in [0.1, 0.15) is 20.8 Å². The minimum absolute atomic E-state index is 0.108. The van der Waals surface area contributed by atoms with Crippen molar-refractivity contribution < 1.29 is 14.6 Å². The number of ether oxygens (including phenoxy) is 1. The minimum atomic E-state index is -1.01. The number of nitrogens with one attached hydrogen (secondary N) is 2. The zero-order valence-corrected chi connectivity index (χ0v) is 9.59. The van der Waals surface area contributed by atoms with Gasteiger partial charge in [-0.15, -0.1) is 0 Å². The lowest BCUT2D eigenvalue weighted by Crippen LogP contribution is -2.62. The number of amides is 1. The molecule has 1 aliphatic rings. The summed E-state index contributed by atoms with van der Waals surface area (Å²) in [7, 11) is 0. The van der Waals surface area contributed by atoms with Gasteiger partial charge in [-0.2, -0.15) is 0 Å². The molecule has 1 saturated heterocycles. The van der Waals surface area contributed by atoms with Crippen molar-refractivity contribution in [2.45, 2.75) is 26.4 Å². The zero-order valence-electron chi connectivity index (χ0n) is 9.59. The first kappa shape index (κ1) is 12.3. The second-order valence-corrected chi connectivity index (χ2v) is 4.93. The number of carbonyl (C=O) groups is 1. The zero-order chi connectivity index (χ0) is 11.5. The standard InChI is InChI=1S/C10H20N2O3/c1-9(2,3)10(7-12-8(13)14)6-11-4-5-15-10/h11-12H,4-7H2,1-3H3,(H,13,14). The number of hydrogen-bond donors (Lipinski definition) is 3. The lowest BCUT2D eigenvalue weighted by molar-refractivity contribution is -0.128. The highest BCUT2D eigenvalue weighted by Gasteiger charge is 2.44. The molecule has 1 rings (SSSR count). The van der Waals surface area contributed by atoms with Gasteiger partial charge in [0.15, 0.2) is 0 Å². The second kappa shape index (κ2) is 4.37. The Kier molecular flexibility index (Phi) is 3.57. The minimum Gasteiger partial charge on any atom is -0.465 e. The van der Waals surface area contributed by atoms with Gasteiger partial charge in [-0.1, -0.05) is 20.8 Å². The van der Waals surface area contributed by atoms with Crippen LogP contribution in [0.4, 0.5) is 4.79 Å². The highest BCUT2D eigenvalue weighted by atomic mass is 16.5. The molecule has 5 nitrogen and oxygen atoms in total. The van der Waals surface area contributed by atoms with Gasteiger partial charge in [0.05, 0.1) is 13.2 Å². The summed E-state index contributed by atoms with van der Waals surface area (Å²) in [5, 5.41) is 14.3. The van der Waals surface area contributed by atoms with Crippen molar-refractivity contribution >= 4 is 6.09 Å². The van der Waals surface area contributed by atoms with Crippen molar-refractivity contribution in [2.75, 3.05) is 26.2 Å². The number of rotatable bonds is 2. The smallest absolute Gasteiger partial charge is 0.404 e. The first-order chi connectivity index (χ1) is 6.87. The Labute approximate surface area is 90.2 Å². The van der Waals surface area contributed by atoms with E-state index in [0.717, 1.165) is 6.54 Å². The quantitative estimate of drug-likeness (QED) is 0.634. The molecule has 1 amide bonds. The van der Waals surface area contributed by atoms with E-state index in [0.29, 0.717) is 19.7 Å². The summed E-state index contributed by atoms with van der Waals surface area (Å²) in [4.78, 5) is 10.5. The fourth-order valence-electron chi connectivity index (χ4n) is 1.74. The van der Waals surface area contributed by atoms with Gasteiger partial charge in [-0.25, -0.2) is 4.79 Å². The van der Waals surface area contributed by atoms with Gasteiger partial charge < -0.3 is 20.5 Å². The maximum Gasteiger partial charge on any atom is 0.404 e. The average molecular weight is 216 g/mol. The molecule has 88 valence electrons. The predicted octanol–water partition coefficient (Wildman–Crippen LogP) is 0.659. The summed E-state index contributed by atoms with van der Waals surface area (Å²) in [6, 6.07) is 0. The van der Waals surface area contributed by atoms with Gasteiger partial charge in [-0.3, -0.25) is 0 Å². The normalized spacial score (nSPS) is 27.4. The van der Waals surface area contributed by atoms with Crippen molar-refractivity contribution in [1.29, 1.82) is 0 Å². The van der Waals surface area contributed by atoms with E-state index in [4.69, 9.17) is 9.84 Å². The van der Waals surface area contributed by atoms with E-state index >= 15 is 0 Å². The lowest BCUT2D eigenvalue weighted by Gasteiger charge is -2.47. The van der Waals surface area contributed by atoms with Gasteiger partial charge in [0.2, 0.25) is 0 Å². The topological polar surface area (TPSA) is 70.6 Å². The molecule has 3 N–H and O–H groups in total. The summed E-state index contributed by atoms with van der Waals surface area (Å²) in [5.41, 5.74) is -0.563. The van der Waals surface area contributed by atoms with Crippen LogP contribution in [0.2, 0.25) is 0 Å². The fourth-order valence-corrected chi connectivity index (χ4v) is 1.74. The first-order valence-electron chi connectivity index (χ1n) is 5.19. The van der Waals surface area contributed by atoms with E-state index in [1.54, 1.807) is 0 Å². The van der Waals surface area contributed by atoms with Gasteiger partial charge >= 0.3 is 6.09 Å². The largest absolute Gasteiger partial charge is 0.465 e. The molecule has 0 aromatic rings. The van der Waals surface area contributed by atoms with Gasteiger partial charge in [0, 0.05) is 13.1 Å². The molecule has 1 aliphatic heterocycles. The second-order valence-electron chi connectivity index (χ2n) is 4.93. The van der Waals surface area contributed by atoms with Crippen LogP contribution in [0.15, 0.2) is 0 Å². The molecule has 0 radical (unpaired) electrons. The Bertz CT molecular complexity index is 229. The summed E-state index contributed by atoms with van der Waals surface area (Å²) in [6.07, 6.45) is -1.01. The Hall–Kier alpha value is -0.810. The Morgan fingerprint density at radius 3 is 2.67 bits per heavy atom. The van der Waals surface area contributed by atoms with Crippen molar-refractivity contribution in [1.82, 2.24) is 10.6 Å². The molecule has 0 aliphatic carbocycles. The van der Waals surface area contributed by atoms with Crippen molar-refractivity contribution in [3.05, 3.63) is 0 Å². The van der Waals surface area contributed by atoms with Crippen molar-refractivity contribution in [3.8, 4) is 0 Å². The van der Waals surface area contributed by atoms with Gasteiger partial charge in [0.25, 0.3) is 0 Å². The predicted molar refractivity (Wildman–Crippen MR) is 57.0 cm³/mol.